The van der Waals surface area contributed by atoms with Crippen molar-refractivity contribution in [2.24, 2.45) is 7.05 Å². The van der Waals surface area contributed by atoms with Gasteiger partial charge in [-0.2, -0.15) is 0 Å². The van der Waals surface area contributed by atoms with Crippen molar-refractivity contribution < 1.29 is 0 Å². The molecule has 0 saturated heterocycles. The summed E-state index contributed by atoms with van der Waals surface area (Å²) < 4.78 is 1.73. The summed E-state index contributed by atoms with van der Waals surface area (Å²) in [4.78, 5) is 17.4. The third-order valence-corrected chi connectivity index (χ3v) is 4.36. The molecule has 0 N–H and O–H groups in total. The molecule has 0 fully saturated rings. The van der Waals surface area contributed by atoms with E-state index < -0.39 is 0 Å². The smallest absolute Gasteiger partial charge is 0.260 e. The fraction of sp³-hybridized carbons (Fsp3) is 0.294. The second-order valence-electron chi connectivity index (χ2n) is 5.58. The van der Waals surface area contributed by atoms with Crippen LogP contribution < -0.4 is 5.56 Å². The first kappa shape index (κ1) is 11.6. The number of hydrogen-bond donors (Lipinski definition) is 0. The molecule has 2 aromatic heterocycles. The Bertz CT molecular complexity index is 893. The summed E-state index contributed by atoms with van der Waals surface area (Å²) >= 11 is 0. The van der Waals surface area contributed by atoms with Gasteiger partial charge < -0.3 is 4.57 Å². The molecule has 3 heteroatoms. The van der Waals surface area contributed by atoms with Gasteiger partial charge in [0.05, 0.1) is 16.4 Å². The van der Waals surface area contributed by atoms with Crippen molar-refractivity contribution in [1.29, 1.82) is 0 Å². The van der Waals surface area contributed by atoms with Gasteiger partial charge in [0, 0.05) is 18.1 Å². The molecule has 0 unspecified atom stereocenters. The van der Waals surface area contributed by atoms with Crippen molar-refractivity contribution in [3.05, 3.63) is 51.9 Å². The van der Waals surface area contributed by atoms with E-state index in [-0.39, 0.29) is 5.56 Å². The lowest BCUT2D eigenvalue weighted by molar-refractivity contribution is 0.671. The van der Waals surface area contributed by atoms with Crippen molar-refractivity contribution in [2.75, 3.05) is 0 Å². The number of nitrogens with zero attached hydrogens (tertiary/aromatic N) is 2. The Morgan fingerprint density at radius 2 is 1.90 bits per heavy atom. The average Bonchev–Trinajstić information content (AvgIpc) is 2.51. The minimum atomic E-state index is 0.0552. The van der Waals surface area contributed by atoms with E-state index in [2.05, 4.69) is 12.1 Å². The molecule has 4 rings (SSSR count). The number of para-hydroxylation sites is 1. The summed E-state index contributed by atoms with van der Waals surface area (Å²) in [5.41, 5.74) is 4.32. The van der Waals surface area contributed by atoms with Crippen molar-refractivity contribution in [2.45, 2.75) is 25.7 Å². The maximum absolute atomic E-state index is 12.6. The van der Waals surface area contributed by atoms with E-state index in [4.69, 9.17) is 4.98 Å². The molecule has 3 nitrogen and oxygen atoms in total. The summed E-state index contributed by atoms with van der Waals surface area (Å²) in [5, 5.41) is 1.82. The molecule has 20 heavy (non-hydrogen) atoms. The molecule has 1 aromatic carbocycles. The van der Waals surface area contributed by atoms with Gasteiger partial charge in [0.1, 0.15) is 0 Å². The van der Waals surface area contributed by atoms with Crippen LogP contribution in [-0.4, -0.2) is 9.55 Å². The number of aromatic nitrogens is 2. The normalized spacial score (nSPS) is 14.7. The summed E-state index contributed by atoms with van der Waals surface area (Å²) in [5.74, 6) is 0. The Morgan fingerprint density at radius 1 is 1.10 bits per heavy atom. The van der Waals surface area contributed by atoms with Crippen LogP contribution in [0, 0.1) is 0 Å². The zero-order chi connectivity index (χ0) is 13.7. The highest BCUT2D eigenvalue weighted by molar-refractivity contribution is 6.03. The molecule has 1 aliphatic carbocycles. The van der Waals surface area contributed by atoms with E-state index in [0.29, 0.717) is 0 Å². The monoisotopic (exact) mass is 264 g/mol. The van der Waals surface area contributed by atoms with E-state index in [1.807, 2.05) is 25.2 Å². The zero-order valence-corrected chi connectivity index (χ0v) is 11.5. The van der Waals surface area contributed by atoms with Crippen LogP contribution in [0.25, 0.3) is 21.8 Å². The fourth-order valence-electron chi connectivity index (χ4n) is 3.26. The van der Waals surface area contributed by atoms with Crippen LogP contribution in [0.3, 0.4) is 0 Å². The lowest BCUT2D eigenvalue weighted by Gasteiger charge is -2.16. The summed E-state index contributed by atoms with van der Waals surface area (Å²) in [6.07, 6.45) is 4.49. The van der Waals surface area contributed by atoms with E-state index in [9.17, 15) is 4.79 Å². The number of hydrogen-bond acceptors (Lipinski definition) is 2. The van der Waals surface area contributed by atoms with Crippen LogP contribution in [0.1, 0.15) is 24.1 Å². The quantitative estimate of drug-likeness (QED) is 0.585. The lowest BCUT2D eigenvalue weighted by Crippen LogP contribution is -2.19. The number of fused-ring (bicyclic) bond motifs is 4. The third kappa shape index (κ3) is 1.52. The lowest BCUT2D eigenvalue weighted by atomic mass is 9.94. The van der Waals surface area contributed by atoms with Crippen LogP contribution in [-0.2, 0) is 19.9 Å². The highest BCUT2D eigenvalue weighted by Gasteiger charge is 2.16. The van der Waals surface area contributed by atoms with E-state index in [1.165, 1.54) is 24.1 Å². The maximum Gasteiger partial charge on any atom is 0.260 e. The minimum Gasteiger partial charge on any atom is -0.311 e. The first-order valence-corrected chi connectivity index (χ1v) is 7.16. The summed E-state index contributed by atoms with van der Waals surface area (Å²) in [7, 11) is 1.84. The van der Waals surface area contributed by atoms with Crippen LogP contribution >= 0.6 is 0 Å². The van der Waals surface area contributed by atoms with Crippen LogP contribution in [0.2, 0.25) is 0 Å². The molecule has 1 aliphatic rings. The van der Waals surface area contributed by atoms with E-state index in [0.717, 1.165) is 34.6 Å². The van der Waals surface area contributed by atoms with Crippen molar-refractivity contribution in [3.8, 4) is 0 Å². The van der Waals surface area contributed by atoms with Crippen molar-refractivity contribution >= 4 is 21.8 Å². The van der Waals surface area contributed by atoms with Gasteiger partial charge in [-0.15, -0.1) is 0 Å². The second-order valence-corrected chi connectivity index (χ2v) is 5.58. The van der Waals surface area contributed by atoms with Crippen LogP contribution in [0.4, 0.5) is 0 Å². The van der Waals surface area contributed by atoms with Gasteiger partial charge in [-0.1, -0.05) is 18.2 Å². The molecule has 0 amide bonds. The molecule has 0 spiro atoms. The minimum absolute atomic E-state index is 0.0552. The average molecular weight is 264 g/mol. The Morgan fingerprint density at radius 3 is 2.80 bits per heavy atom. The maximum atomic E-state index is 12.6. The Labute approximate surface area is 116 Å². The molecule has 0 bridgehead atoms. The first-order chi connectivity index (χ1) is 9.75. The molecule has 0 saturated carbocycles. The molecule has 0 atom stereocenters. The number of rotatable bonds is 0. The van der Waals surface area contributed by atoms with E-state index >= 15 is 0 Å². The van der Waals surface area contributed by atoms with Crippen LogP contribution in [0.5, 0.6) is 0 Å². The van der Waals surface area contributed by atoms with Gasteiger partial charge in [0.15, 0.2) is 0 Å². The molecule has 0 aliphatic heterocycles. The molecule has 100 valence electrons. The highest BCUT2D eigenvalue weighted by atomic mass is 16.1. The van der Waals surface area contributed by atoms with Gasteiger partial charge in [0.2, 0.25) is 0 Å². The third-order valence-electron chi connectivity index (χ3n) is 4.36. The van der Waals surface area contributed by atoms with Crippen molar-refractivity contribution in [3.63, 3.8) is 0 Å². The van der Waals surface area contributed by atoms with Gasteiger partial charge in [0.25, 0.3) is 5.56 Å². The topological polar surface area (TPSA) is 34.9 Å². The Balaban J connectivity index is 2.23. The molecule has 3 aromatic rings. The Hall–Kier alpha value is -2.16. The standard InChI is InChI=1S/C17H16N2O/c1-19-15-9-5-3-7-12(15)16-13(17(19)20)10-11-6-2-4-8-14(11)18-16/h3,5,7,9-10H,2,4,6,8H2,1H3. The van der Waals surface area contributed by atoms with Gasteiger partial charge in [-0.3, -0.25) is 9.78 Å². The predicted molar refractivity (Wildman–Crippen MR) is 81.1 cm³/mol. The SMILES string of the molecule is Cn1c(=O)c2cc3c(nc2c2ccccc21)CCCC3. The van der Waals surface area contributed by atoms with Crippen molar-refractivity contribution in [1.82, 2.24) is 9.55 Å². The second kappa shape index (κ2) is 4.17. The number of aryl methyl sites for hydroxylation is 3. The molecular formula is C17H16N2O. The molecule has 2 heterocycles. The molecular weight excluding hydrogens is 248 g/mol. The van der Waals surface area contributed by atoms with Crippen LogP contribution in [0.15, 0.2) is 35.1 Å². The number of pyridine rings is 2. The number of benzene rings is 1. The van der Waals surface area contributed by atoms with Gasteiger partial charge >= 0.3 is 0 Å². The van der Waals surface area contributed by atoms with Gasteiger partial charge in [-0.25, -0.2) is 0 Å². The Kier molecular flexibility index (Phi) is 2.43. The first-order valence-electron chi connectivity index (χ1n) is 7.16. The summed E-state index contributed by atoms with van der Waals surface area (Å²) in [6, 6.07) is 10.1. The van der Waals surface area contributed by atoms with Gasteiger partial charge in [-0.05, 0) is 43.4 Å². The highest BCUT2D eigenvalue weighted by Crippen LogP contribution is 2.26. The largest absolute Gasteiger partial charge is 0.311 e. The van der Waals surface area contributed by atoms with E-state index in [1.54, 1.807) is 4.57 Å². The fourth-order valence-corrected chi connectivity index (χ4v) is 3.26. The zero-order valence-electron chi connectivity index (χ0n) is 11.5. The molecule has 0 radical (unpaired) electrons. The summed E-state index contributed by atoms with van der Waals surface area (Å²) in [6.45, 7) is 0. The predicted octanol–water partition coefficient (Wildman–Crippen LogP) is 2.97.